The lowest BCUT2D eigenvalue weighted by molar-refractivity contribution is 0.962. The van der Waals surface area contributed by atoms with Crippen LogP contribution in [0.2, 0.25) is 0 Å². The summed E-state index contributed by atoms with van der Waals surface area (Å²) in [6, 6.07) is 1.79. The fourth-order valence-electron chi connectivity index (χ4n) is 0.783. The average molecular weight is 145 g/mol. The second-order valence-corrected chi connectivity index (χ2v) is 1.96. The van der Waals surface area contributed by atoms with Crippen LogP contribution in [0.3, 0.4) is 0 Å². The Hall–Kier alpha value is -1.71. The molecule has 4 nitrogen and oxygen atoms in total. The Morgan fingerprint density at radius 3 is 3.00 bits per heavy atom. The Bertz CT molecular complexity index is 313. The van der Waals surface area contributed by atoms with E-state index in [2.05, 4.69) is 21.3 Å². The molecule has 0 aromatic carbocycles. The van der Waals surface area contributed by atoms with E-state index >= 15 is 0 Å². The van der Waals surface area contributed by atoms with Crippen LogP contribution in [0, 0.1) is 6.33 Å². The van der Waals surface area contributed by atoms with Crippen LogP contribution in [0.25, 0.3) is 5.82 Å². The van der Waals surface area contributed by atoms with Crippen molar-refractivity contribution in [2.45, 2.75) is 0 Å². The minimum atomic E-state index is 0.775. The van der Waals surface area contributed by atoms with Gasteiger partial charge in [-0.3, -0.25) is 4.57 Å². The van der Waals surface area contributed by atoms with Gasteiger partial charge in [-0.2, -0.15) is 0 Å². The van der Waals surface area contributed by atoms with Gasteiger partial charge in [0.05, 0.1) is 0 Å². The van der Waals surface area contributed by atoms with Crippen molar-refractivity contribution in [3.8, 4) is 5.82 Å². The molecule has 0 aliphatic rings. The van der Waals surface area contributed by atoms with Gasteiger partial charge in [0.2, 0.25) is 0 Å². The predicted molar refractivity (Wildman–Crippen MR) is 38.0 cm³/mol. The Labute approximate surface area is 63.6 Å². The first-order valence-electron chi connectivity index (χ1n) is 3.14. The highest BCUT2D eigenvalue weighted by Crippen LogP contribution is 1.97. The molecule has 0 N–H and O–H groups in total. The van der Waals surface area contributed by atoms with E-state index < -0.39 is 0 Å². The molecule has 0 fully saturated rings. The maximum absolute atomic E-state index is 4.00. The summed E-state index contributed by atoms with van der Waals surface area (Å²) in [6.45, 7) is 0. The van der Waals surface area contributed by atoms with Gasteiger partial charge in [0.1, 0.15) is 12.1 Å². The van der Waals surface area contributed by atoms with Crippen molar-refractivity contribution in [2.24, 2.45) is 0 Å². The molecule has 0 bridgehead atoms. The fraction of sp³-hybridized carbons (Fsp3) is 0. The highest BCUT2D eigenvalue weighted by Gasteiger charge is 1.93. The quantitative estimate of drug-likeness (QED) is 0.585. The summed E-state index contributed by atoms with van der Waals surface area (Å²) in [5, 5.41) is 0. The number of nitrogens with zero attached hydrogens (tertiary/aromatic N) is 4. The molecule has 11 heavy (non-hydrogen) atoms. The summed E-state index contributed by atoms with van der Waals surface area (Å²) >= 11 is 0. The van der Waals surface area contributed by atoms with Crippen molar-refractivity contribution in [1.82, 2.24) is 19.5 Å². The number of aromatic nitrogens is 4. The molecule has 0 saturated heterocycles. The zero-order valence-corrected chi connectivity index (χ0v) is 5.68. The first-order valence-corrected chi connectivity index (χ1v) is 3.14. The minimum absolute atomic E-state index is 0.775. The highest BCUT2D eigenvalue weighted by atomic mass is 15.1. The SMILES string of the molecule is [c]1nccn1-c1ccncn1. The van der Waals surface area contributed by atoms with E-state index in [1.165, 1.54) is 6.33 Å². The van der Waals surface area contributed by atoms with Gasteiger partial charge in [-0.1, -0.05) is 0 Å². The standard InChI is InChI=1S/C7H5N4/c1-2-8-5-10-7(1)11-4-3-9-6-11/h1-5H. The molecular weight excluding hydrogens is 140 g/mol. The van der Waals surface area contributed by atoms with Crippen molar-refractivity contribution < 1.29 is 0 Å². The third kappa shape index (κ3) is 1.10. The Balaban J connectivity index is 2.46. The smallest absolute Gasteiger partial charge is 0.182 e. The molecule has 2 heterocycles. The topological polar surface area (TPSA) is 43.6 Å². The highest BCUT2D eigenvalue weighted by molar-refractivity contribution is 5.17. The van der Waals surface area contributed by atoms with E-state index in [-0.39, 0.29) is 0 Å². The molecule has 0 atom stereocenters. The predicted octanol–water partition coefficient (Wildman–Crippen LogP) is 0.462. The van der Waals surface area contributed by atoms with E-state index in [0.29, 0.717) is 0 Å². The largest absolute Gasteiger partial charge is 0.281 e. The third-order valence-electron chi connectivity index (χ3n) is 1.27. The molecule has 0 amide bonds. The lowest BCUT2D eigenvalue weighted by Gasteiger charge is -1.95. The molecule has 53 valence electrons. The summed E-state index contributed by atoms with van der Waals surface area (Å²) in [5.74, 6) is 0.775. The second-order valence-electron chi connectivity index (χ2n) is 1.96. The fourth-order valence-corrected chi connectivity index (χ4v) is 0.783. The normalized spacial score (nSPS) is 9.82. The molecule has 0 aliphatic heterocycles. The van der Waals surface area contributed by atoms with Crippen LogP contribution >= 0.6 is 0 Å². The molecule has 2 aromatic rings. The van der Waals surface area contributed by atoms with Crippen LogP contribution in [0.15, 0.2) is 31.0 Å². The van der Waals surface area contributed by atoms with E-state index in [1.54, 1.807) is 29.2 Å². The molecule has 2 aromatic heterocycles. The van der Waals surface area contributed by atoms with Crippen molar-refractivity contribution in [1.29, 1.82) is 0 Å². The molecule has 1 radical (unpaired) electrons. The lowest BCUT2D eigenvalue weighted by atomic mass is 10.6. The summed E-state index contributed by atoms with van der Waals surface area (Å²) < 4.78 is 1.70. The second kappa shape index (κ2) is 2.49. The van der Waals surface area contributed by atoms with Crippen LogP contribution in [0.1, 0.15) is 0 Å². The molecule has 4 heteroatoms. The molecule has 2 rings (SSSR count). The molecular formula is C7H5N4. The van der Waals surface area contributed by atoms with Crippen LogP contribution in [-0.2, 0) is 0 Å². The van der Waals surface area contributed by atoms with Crippen LogP contribution in [0.4, 0.5) is 0 Å². The van der Waals surface area contributed by atoms with Crippen molar-refractivity contribution in [2.75, 3.05) is 0 Å². The van der Waals surface area contributed by atoms with Gasteiger partial charge in [-0.15, -0.1) is 0 Å². The number of rotatable bonds is 1. The summed E-state index contributed by atoms with van der Waals surface area (Å²) in [7, 11) is 0. The van der Waals surface area contributed by atoms with Crippen LogP contribution < -0.4 is 0 Å². The van der Waals surface area contributed by atoms with Crippen LogP contribution in [-0.4, -0.2) is 19.5 Å². The van der Waals surface area contributed by atoms with Crippen LogP contribution in [0.5, 0.6) is 0 Å². The third-order valence-corrected chi connectivity index (χ3v) is 1.27. The van der Waals surface area contributed by atoms with Gasteiger partial charge in [0.15, 0.2) is 6.33 Å². The molecule has 0 saturated carbocycles. The lowest BCUT2D eigenvalue weighted by Crippen LogP contribution is -1.93. The molecule has 0 aliphatic carbocycles. The van der Waals surface area contributed by atoms with Crippen molar-refractivity contribution in [3.63, 3.8) is 0 Å². The summed E-state index contributed by atoms with van der Waals surface area (Å²) in [5.41, 5.74) is 0. The maximum atomic E-state index is 4.00. The van der Waals surface area contributed by atoms with Crippen molar-refractivity contribution in [3.05, 3.63) is 37.3 Å². The average Bonchev–Trinajstić information content (AvgIpc) is 2.58. The van der Waals surface area contributed by atoms with Gasteiger partial charge in [0, 0.05) is 18.6 Å². The zero-order chi connectivity index (χ0) is 7.52. The Kier molecular flexibility index (Phi) is 1.37. The van der Waals surface area contributed by atoms with Crippen molar-refractivity contribution >= 4 is 0 Å². The summed E-state index contributed by atoms with van der Waals surface area (Å²) in [6.07, 6.45) is 9.33. The van der Waals surface area contributed by atoms with Gasteiger partial charge in [0.25, 0.3) is 0 Å². The number of imidazole rings is 1. The maximum Gasteiger partial charge on any atom is 0.182 e. The number of hydrogen-bond acceptors (Lipinski definition) is 3. The van der Waals surface area contributed by atoms with E-state index in [0.717, 1.165) is 5.82 Å². The van der Waals surface area contributed by atoms with E-state index in [1.807, 2.05) is 0 Å². The van der Waals surface area contributed by atoms with Gasteiger partial charge < -0.3 is 0 Å². The first-order chi connectivity index (χ1) is 5.47. The summed E-state index contributed by atoms with van der Waals surface area (Å²) in [4.78, 5) is 11.6. The van der Waals surface area contributed by atoms with Gasteiger partial charge >= 0.3 is 0 Å². The van der Waals surface area contributed by atoms with Gasteiger partial charge in [-0.25, -0.2) is 15.0 Å². The molecule has 0 spiro atoms. The first kappa shape index (κ1) is 6.03. The Morgan fingerprint density at radius 1 is 1.36 bits per heavy atom. The zero-order valence-electron chi connectivity index (χ0n) is 5.68. The minimum Gasteiger partial charge on any atom is -0.281 e. The van der Waals surface area contributed by atoms with E-state index in [4.69, 9.17) is 0 Å². The van der Waals surface area contributed by atoms with Gasteiger partial charge in [-0.05, 0) is 6.07 Å². The number of hydrogen-bond donors (Lipinski definition) is 0. The van der Waals surface area contributed by atoms with E-state index in [9.17, 15) is 0 Å². The monoisotopic (exact) mass is 145 g/mol. The Morgan fingerprint density at radius 2 is 2.36 bits per heavy atom. The molecule has 0 unspecified atom stereocenters.